The molecule has 0 aromatic heterocycles. The van der Waals surface area contributed by atoms with Crippen LogP contribution in [0.15, 0.2) is 48.5 Å². The molecule has 1 unspecified atom stereocenters. The van der Waals surface area contributed by atoms with E-state index in [0.717, 1.165) is 11.1 Å². The lowest BCUT2D eigenvalue weighted by Gasteiger charge is -2.06. The number of carboxylic acids is 1. The third-order valence-electron chi connectivity index (χ3n) is 3.04. The molecule has 2 rings (SSSR count). The molecule has 21 heavy (non-hydrogen) atoms. The lowest BCUT2D eigenvalue weighted by Crippen LogP contribution is -2.26. The monoisotopic (exact) mass is 306 g/mol. The van der Waals surface area contributed by atoms with Crippen LogP contribution >= 0.6 is 11.6 Å². The van der Waals surface area contributed by atoms with Gasteiger partial charge in [-0.1, -0.05) is 48.0 Å². The second kappa shape index (κ2) is 6.50. The maximum Gasteiger partial charge on any atom is 0.375 e. The van der Waals surface area contributed by atoms with E-state index in [1.807, 2.05) is 12.1 Å². The van der Waals surface area contributed by atoms with Crippen molar-refractivity contribution < 1.29 is 19.1 Å². The number of alkyl halides is 1. The second-order valence-electron chi connectivity index (χ2n) is 4.54. The van der Waals surface area contributed by atoms with E-state index >= 15 is 0 Å². The summed E-state index contributed by atoms with van der Waals surface area (Å²) in [5, 5.41) is 9.09. The number of aliphatic carboxylic acids is 1. The average Bonchev–Trinajstić information content (AvgIpc) is 2.48. The van der Waals surface area contributed by atoms with Crippen molar-refractivity contribution in [1.82, 2.24) is 0 Å². The van der Waals surface area contributed by atoms with Crippen molar-refractivity contribution in [2.24, 2.45) is 0 Å². The van der Waals surface area contributed by atoms with Gasteiger partial charge < -0.3 is 5.11 Å². The van der Waals surface area contributed by atoms with Gasteiger partial charge in [0.05, 0.1) is 0 Å². The average molecular weight is 307 g/mol. The SMILES string of the molecule is O=C(O)C(=O)C(F)Cc1ccc(-c2ccc(Cl)cc2)cc1. The lowest BCUT2D eigenvalue weighted by atomic mass is 10.0. The highest BCUT2D eigenvalue weighted by Gasteiger charge is 2.24. The van der Waals surface area contributed by atoms with Crippen molar-refractivity contribution in [3.63, 3.8) is 0 Å². The lowest BCUT2D eigenvalue weighted by molar-refractivity contribution is -0.151. The van der Waals surface area contributed by atoms with Gasteiger partial charge >= 0.3 is 5.97 Å². The summed E-state index contributed by atoms with van der Waals surface area (Å²) in [5.74, 6) is -3.17. The van der Waals surface area contributed by atoms with Crippen molar-refractivity contribution in [2.75, 3.05) is 0 Å². The van der Waals surface area contributed by atoms with E-state index in [1.54, 1.807) is 36.4 Å². The van der Waals surface area contributed by atoms with Crippen LogP contribution in [0.3, 0.4) is 0 Å². The summed E-state index contributed by atoms with van der Waals surface area (Å²) in [4.78, 5) is 21.4. The van der Waals surface area contributed by atoms with Crippen LogP contribution in [-0.4, -0.2) is 23.0 Å². The molecule has 108 valence electrons. The molecule has 5 heteroatoms. The first-order valence-corrected chi connectivity index (χ1v) is 6.61. The molecule has 0 fully saturated rings. The summed E-state index contributed by atoms with van der Waals surface area (Å²) in [6.07, 6.45) is -2.27. The first-order chi connectivity index (χ1) is 9.97. The van der Waals surface area contributed by atoms with Crippen LogP contribution in [0.5, 0.6) is 0 Å². The molecule has 2 aromatic carbocycles. The number of halogens is 2. The van der Waals surface area contributed by atoms with Crippen molar-refractivity contribution >= 4 is 23.4 Å². The zero-order valence-electron chi connectivity index (χ0n) is 10.9. The fourth-order valence-corrected chi connectivity index (χ4v) is 2.04. The summed E-state index contributed by atoms with van der Waals surface area (Å²) >= 11 is 5.82. The Morgan fingerprint density at radius 1 is 1.00 bits per heavy atom. The number of ketones is 1. The van der Waals surface area contributed by atoms with E-state index in [9.17, 15) is 14.0 Å². The fourth-order valence-electron chi connectivity index (χ4n) is 1.91. The molecule has 0 saturated heterocycles. The molecule has 1 atom stereocenters. The molecule has 0 aliphatic heterocycles. The largest absolute Gasteiger partial charge is 0.475 e. The van der Waals surface area contributed by atoms with E-state index in [2.05, 4.69) is 0 Å². The third-order valence-corrected chi connectivity index (χ3v) is 3.29. The van der Waals surface area contributed by atoms with Crippen LogP contribution in [0.2, 0.25) is 5.02 Å². The Bertz CT molecular complexity index is 650. The van der Waals surface area contributed by atoms with Crippen LogP contribution < -0.4 is 0 Å². The summed E-state index contributed by atoms with van der Waals surface area (Å²) < 4.78 is 13.5. The van der Waals surface area contributed by atoms with Crippen LogP contribution in [0.4, 0.5) is 4.39 Å². The Morgan fingerprint density at radius 3 is 1.95 bits per heavy atom. The molecule has 0 heterocycles. The standard InChI is InChI=1S/C16H12ClFO3/c17-13-7-5-12(6-8-13)11-3-1-10(2-4-11)9-14(18)15(19)16(20)21/h1-8,14H,9H2,(H,20,21). The zero-order valence-corrected chi connectivity index (χ0v) is 11.7. The second-order valence-corrected chi connectivity index (χ2v) is 4.98. The first kappa shape index (κ1) is 15.2. The minimum atomic E-state index is -2.02. The summed E-state index contributed by atoms with van der Waals surface area (Å²) in [6.45, 7) is 0. The maximum atomic E-state index is 13.5. The van der Waals surface area contributed by atoms with E-state index in [4.69, 9.17) is 16.7 Å². The highest BCUT2D eigenvalue weighted by molar-refractivity contribution is 6.34. The highest BCUT2D eigenvalue weighted by atomic mass is 35.5. The Morgan fingerprint density at radius 2 is 1.48 bits per heavy atom. The molecule has 0 amide bonds. The molecule has 0 radical (unpaired) electrons. The van der Waals surface area contributed by atoms with Gasteiger partial charge in [-0.05, 0) is 28.8 Å². The smallest absolute Gasteiger partial charge is 0.375 e. The Labute approximate surface area is 126 Å². The molecule has 0 spiro atoms. The normalized spacial score (nSPS) is 11.9. The summed E-state index contributed by atoms with van der Waals surface area (Å²) in [6, 6.07) is 14.2. The molecule has 0 saturated carbocycles. The van der Waals surface area contributed by atoms with Crippen LogP contribution in [0.1, 0.15) is 5.56 Å². The summed E-state index contributed by atoms with van der Waals surface area (Å²) in [7, 11) is 0. The maximum absolute atomic E-state index is 13.5. The minimum absolute atomic E-state index is 0.244. The van der Waals surface area contributed by atoms with Gasteiger partial charge in [0.15, 0.2) is 6.17 Å². The number of hydrogen-bond donors (Lipinski definition) is 1. The first-order valence-electron chi connectivity index (χ1n) is 6.23. The van der Waals surface area contributed by atoms with Gasteiger partial charge in [-0.3, -0.25) is 4.79 Å². The topological polar surface area (TPSA) is 54.4 Å². The molecule has 0 bridgehead atoms. The zero-order chi connectivity index (χ0) is 15.4. The third kappa shape index (κ3) is 3.89. The van der Waals surface area contributed by atoms with E-state index in [-0.39, 0.29) is 6.42 Å². The summed E-state index contributed by atoms with van der Waals surface area (Å²) in [5.41, 5.74) is 2.45. The fraction of sp³-hybridized carbons (Fsp3) is 0.125. The molecule has 0 aliphatic rings. The molecule has 2 aromatic rings. The Hall–Kier alpha value is -2.20. The number of benzene rings is 2. The Balaban J connectivity index is 2.10. The van der Waals surface area contributed by atoms with Gasteiger partial charge in [-0.25, -0.2) is 9.18 Å². The Kier molecular flexibility index (Phi) is 4.70. The molecular formula is C16H12ClFO3. The van der Waals surface area contributed by atoms with Crippen molar-refractivity contribution in [3.05, 3.63) is 59.1 Å². The van der Waals surface area contributed by atoms with Crippen LogP contribution in [-0.2, 0) is 16.0 Å². The van der Waals surface area contributed by atoms with E-state index in [0.29, 0.717) is 10.6 Å². The predicted molar refractivity (Wildman–Crippen MR) is 78.1 cm³/mol. The quantitative estimate of drug-likeness (QED) is 0.860. The van der Waals surface area contributed by atoms with Crippen molar-refractivity contribution in [1.29, 1.82) is 0 Å². The number of carboxylic acid groups (broad SMARTS) is 1. The van der Waals surface area contributed by atoms with Crippen LogP contribution in [0, 0.1) is 0 Å². The molecule has 1 N–H and O–H groups in total. The van der Waals surface area contributed by atoms with Crippen molar-refractivity contribution in [2.45, 2.75) is 12.6 Å². The van der Waals surface area contributed by atoms with E-state index < -0.39 is 17.9 Å². The van der Waals surface area contributed by atoms with Gasteiger partial charge in [-0.15, -0.1) is 0 Å². The van der Waals surface area contributed by atoms with Gasteiger partial charge in [0, 0.05) is 11.4 Å². The number of carbonyl (C=O) groups excluding carboxylic acids is 1. The van der Waals surface area contributed by atoms with Gasteiger partial charge in [0.2, 0.25) is 0 Å². The molecule has 0 aliphatic carbocycles. The number of rotatable bonds is 5. The number of carbonyl (C=O) groups is 2. The molecule has 3 nitrogen and oxygen atoms in total. The predicted octanol–water partition coefficient (Wildman–Crippen LogP) is 3.54. The molecular weight excluding hydrogens is 295 g/mol. The van der Waals surface area contributed by atoms with E-state index in [1.165, 1.54) is 0 Å². The van der Waals surface area contributed by atoms with Crippen LogP contribution in [0.25, 0.3) is 11.1 Å². The van der Waals surface area contributed by atoms with Gasteiger partial charge in [0.1, 0.15) is 0 Å². The van der Waals surface area contributed by atoms with Crippen molar-refractivity contribution in [3.8, 4) is 11.1 Å². The highest BCUT2D eigenvalue weighted by Crippen LogP contribution is 2.22. The van der Waals surface area contributed by atoms with Gasteiger partial charge in [-0.2, -0.15) is 0 Å². The van der Waals surface area contributed by atoms with Gasteiger partial charge in [0.25, 0.3) is 5.78 Å². The minimum Gasteiger partial charge on any atom is -0.475 e. The number of hydrogen-bond acceptors (Lipinski definition) is 2. The number of Topliss-reactive ketones (excluding diaryl/α,β-unsaturated/α-hetero) is 1.